The third-order valence-corrected chi connectivity index (χ3v) is 6.96. The molecule has 0 radical (unpaired) electrons. The third kappa shape index (κ3) is 3.86. The molecule has 0 aliphatic carbocycles. The number of methoxy groups -OCH3 is 1. The Labute approximate surface area is 199 Å². The molecule has 9 nitrogen and oxygen atoms in total. The molecule has 1 atom stereocenters. The molecule has 3 aromatic rings. The first-order valence-corrected chi connectivity index (χ1v) is 11.6. The Morgan fingerprint density at radius 3 is 2.94 bits per heavy atom. The first-order valence-electron chi connectivity index (χ1n) is 11.6. The zero-order valence-corrected chi connectivity index (χ0v) is 19.9. The number of hydrogen-bond donors (Lipinski definition) is 3. The normalized spacial score (nSPS) is 20.1. The molecular formula is C25H31N7O2. The summed E-state index contributed by atoms with van der Waals surface area (Å²) in [6, 6.07) is 7.36. The lowest BCUT2D eigenvalue weighted by molar-refractivity contribution is 0.102. The number of carbonyl (C=O) groups excluding carboxylic acids is 1. The van der Waals surface area contributed by atoms with Crippen molar-refractivity contribution in [1.82, 2.24) is 15.1 Å². The molecule has 178 valence electrons. The molecule has 1 amide bonds. The number of ether oxygens (including phenoxy) is 1. The van der Waals surface area contributed by atoms with E-state index >= 15 is 0 Å². The van der Waals surface area contributed by atoms with Gasteiger partial charge in [-0.1, -0.05) is 0 Å². The molecule has 2 aliphatic rings. The van der Waals surface area contributed by atoms with E-state index in [1.54, 1.807) is 37.2 Å². The van der Waals surface area contributed by atoms with Crippen LogP contribution in [0.4, 0.5) is 17.1 Å². The maximum Gasteiger partial charge on any atom is 0.258 e. The molecule has 0 saturated carbocycles. The summed E-state index contributed by atoms with van der Waals surface area (Å²) >= 11 is 0. The fourth-order valence-corrected chi connectivity index (χ4v) is 5.28. The Hall–Kier alpha value is -3.59. The summed E-state index contributed by atoms with van der Waals surface area (Å²) in [5.74, 6) is 0.229. The van der Waals surface area contributed by atoms with Crippen LogP contribution in [0, 0.1) is 0 Å². The van der Waals surface area contributed by atoms with Crippen molar-refractivity contribution in [3.8, 4) is 5.75 Å². The lowest BCUT2D eigenvalue weighted by atomic mass is 9.97. The number of nitrogen functional groups attached to an aromatic ring is 1. The van der Waals surface area contributed by atoms with Crippen LogP contribution in [-0.4, -0.2) is 61.2 Å². The predicted octanol–water partition coefficient (Wildman–Crippen LogP) is 2.80. The second-order valence-electron chi connectivity index (χ2n) is 9.20. The molecule has 2 saturated heterocycles. The molecule has 1 spiro atoms. The minimum Gasteiger partial charge on any atom is -0.494 e. The zero-order chi connectivity index (χ0) is 23.9. The highest BCUT2D eigenvalue weighted by molar-refractivity contribution is 6.14. The van der Waals surface area contributed by atoms with Gasteiger partial charge in [0, 0.05) is 73.5 Å². The molecular weight excluding hydrogens is 430 g/mol. The van der Waals surface area contributed by atoms with E-state index in [9.17, 15) is 4.79 Å². The van der Waals surface area contributed by atoms with Crippen LogP contribution in [0.25, 0.3) is 10.9 Å². The number of nitrogens with zero attached hydrogens (tertiary/aromatic N) is 4. The van der Waals surface area contributed by atoms with E-state index in [1.807, 2.05) is 25.4 Å². The van der Waals surface area contributed by atoms with Gasteiger partial charge in [0.15, 0.2) is 0 Å². The maximum absolute atomic E-state index is 13.4. The largest absolute Gasteiger partial charge is 0.494 e. The summed E-state index contributed by atoms with van der Waals surface area (Å²) in [7, 11) is 5.10. The molecule has 2 aromatic carbocycles. The van der Waals surface area contributed by atoms with Gasteiger partial charge in [-0.25, -0.2) is 0 Å². The van der Waals surface area contributed by atoms with Crippen LogP contribution in [0.2, 0.25) is 0 Å². The number of benzene rings is 2. The van der Waals surface area contributed by atoms with Crippen LogP contribution < -0.4 is 26.0 Å². The van der Waals surface area contributed by atoms with Gasteiger partial charge in [-0.05, 0) is 44.0 Å². The smallest absolute Gasteiger partial charge is 0.258 e. The lowest BCUT2D eigenvalue weighted by Gasteiger charge is -2.25. The summed E-state index contributed by atoms with van der Waals surface area (Å²) in [5.41, 5.74) is 10.4. The highest BCUT2D eigenvalue weighted by Gasteiger charge is 2.40. The molecule has 1 aromatic heterocycles. The Balaban J connectivity index is 1.48. The molecule has 34 heavy (non-hydrogen) atoms. The van der Waals surface area contributed by atoms with Crippen molar-refractivity contribution < 1.29 is 9.53 Å². The van der Waals surface area contributed by atoms with Crippen LogP contribution in [0.15, 0.2) is 35.5 Å². The van der Waals surface area contributed by atoms with E-state index in [0.717, 1.165) is 37.1 Å². The molecule has 4 N–H and O–H groups in total. The van der Waals surface area contributed by atoms with E-state index in [1.165, 1.54) is 12.8 Å². The molecule has 2 fully saturated rings. The first-order chi connectivity index (χ1) is 16.4. The van der Waals surface area contributed by atoms with Gasteiger partial charge < -0.3 is 26.0 Å². The summed E-state index contributed by atoms with van der Waals surface area (Å²) < 4.78 is 7.22. The topological polar surface area (TPSA) is 110 Å². The Kier molecular flexibility index (Phi) is 5.65. The number of hydrogen-bond acceptors (Lipinski definition) is 7. The van der Waals surface area contributed by atoms with Crippen molar-refractivity contribution in [2.45, 2.75) is 24.8 Å². The Morgan fingerprint density at radius 2 is 2.21 bits per heavy atom. The molecule has 5 rings (SSSR count). The van der Waals surface area contributed by atoms with Crippen LogP contribution in [0.3, 0.4) is 0 Å². The zero-order valence-electron chi connectivity index (χ0n) is 19.9. The van der Waals surface area contributed by atoms with Crippen molar-refractivity contribution in [2.75, 3.05) is 49.7 Å². The number of aromatic nitrogens is 2. The van der Waals surface area contributed by atoms with Gasteiger partial charge in [-0.2, -0.15) is 5.10 Å². The SMILES string of the molecule is CN=Cc1cc(NC(=O)c2ccc(N3CCC4(CCCN4)C3)c3cn(C)nc23)c(OC)cc1N. The average Bonchev–Trinajstić information content (AvgIpc) is 3.55. The summed E-state index contributed by atoms with van der Waals surface area (Å²) in [4.78, 5) is 19.8. The first kappa shape index (κ1) is 22.2. The van der Waals surface area contributed by atoms with E-state index in [0.29, 0.717) is 33.8 Å². The van der Waals surface area contributed by atoms with Crippen molar-refractivity contribution in [3.05, 3.63) is 41.6 Å². The number of rotatable bonds is 5. The highest BCUT2D eigenvalue weighted by atomic mass is 16.5. The number of aryl methyl sites for hydroxylation is 1. The van der Waals surface area contributed by atoms with Crippen LogP contribution in [-0.2, 0) is 7.05 Å². The van der Waals surface area contributed by atoms with Gasteiger partial charge in [-0.15, -0.1) is 0 Å². The van der Waals surface area contributed by atoms with E-state index in [-0.39, 0.29) is 11.4 Å². The monoisotopic (exact) mass is 461 g/mol. The minimum atomic E-state index is -0.256. The Morgan fingerprint density at radius 1 is 1.35 bits per heavy atom. The summed E-state index contributed by atoms with van der Waals surface area (Å²) in [6.07, 6.45) is 7.23. The fraction of sp³-hybridized carbons (Fsp3) is 0.400. The standard InChI is InChI=1S/C25H31N7O2/c1-27-13-16-11-20(22(34-3)12-19(16)26)29-24(33)17-5-6-21(18-14-31(2)30-23(17)18)32-10-8-25(15-32)7-4-9-28-25/h5-6,11-14,28H,4,7-10,15,26H2,1-3H3,(H,29,33). The highest BCUT2D eigenvalue weighted by Crippen LogP contribution is 2.37. The number of anilines is 3. The fourth-order valence-electron chi connectivity index (χ4n) is 5.28. The van der Waals surface area contributed by atoms with Crippen molar-refractivity contribution in [3.63, 3.8) is 0 Å². The lowest BCUT2D eigenvalue weighted by Crippen LogP contribution is -2.42. The third-order valence-electron chi connectivity index (χ3n) is 6.96. The van der Waals surface area contributed by atoms with Gasteiger partial charge in [0.25, 0.3) is 5.91 Å². The van der Waals surface area contributed by atoms with E-state index in [2.05, 4.69) is 25.6 Å². The molecule has 2 aliphatic heterocycles. The van der Waals surface area contributed by atoms with E-state index < -0.39 is 0 Å². The number of nitrogens with two attached hydrogens (primary N) is 1. The van der Waals surface area contributed by atoms with Gasteiger partial charge in [0.2, 0.25) is 0 Å². The average molecular weight is 462 g/mol. The number of aliphatic imine (C=N–C) groups is 1. The summed E-state index contributed by atoms with van der Waals surface area (Å²) in [6.45, 7) is 3.07. The van der Waals surface area contributed by atoms with Gasteiger partial charge >= 0.3 is 0 Å². The number of fused-ring (bicyclic) bond motifs is 1. The number of nitrogens with one attached hydrogen (secondary N) is 2. The Bertz CT molecular complexity index is 1270. The van der Waals surface area contributed by atoms with Crippen molar-refractivity contribution in [1.29, 1.82) is 0 Å². The van der Waals surface area contributed by atoms with Gasteiger partial charge in [0.1, 0.15) is 11.3 Å². The van der Waals surface area contributed by atoms with Crippen LogP contribution >= 0.6 is 0 Å². The molecule has 0 bridgehead atoms. The molecule has 1 unspecified atom stereocenters. The molecule has 9 heteroatoms. The van der Waals surface area contributed by atoms with Crippen LogP contribution in [0.5, 0.6) is 5.75 Å². The number of carbonyl (C=O) groups is 1. The van der Waals surface area contributed by atoms with Crippen LogP contribution in [0.1, 0.15) is 35.2 Å². The quantitative estimate of drug-likeness (QED) is 0.398. The number of amides is 1. The predicted molar refractivity (Wildman–Crippen MR) is 136 cm³/mol. The second kappa shape index (κ2) is 8.64. The van der Waals surface area contributed by atoms with Crippen molar-refractivity contribution >= 4 is 40.1 Å². The summed E-state index contributed by atoms with van der Waals surface area (Å²) in [5, 5.41) is 12.3. The maximum atomic E-state index is 13.4. The van der Waals surface area contributed by atoms with Gasteiger partial charge in [-0.3, -0.25) is 14.5 Å². The van der Waals surface area contributed by atoms with Gasteiger partial charge in [0.05, 0.1) is 18.4 Å². The van der Waals surface area contributed by atoms with E-state index in [4.69, 9.17) is 10.5 Å². The second-order valence-corrected chi connectivity index (χ2v) is 9.20. The van der Waals surface area contributed by atoms with Crippen molar-refractivity contribution in [2.24, 2.45) is 12.0 Å². The minimum absolute atomic E-state index is 0.218. The molecule has 3 heterocycles.